The number of nitrogens with two attached hydrogens (primary N) is 1. The summed E-state index contributed by atoms with van der Waals surface area (Å²) in [6.07, 6.45) is 0. The lowest BCUT2D eigenvalue weighted by Crippen LogP contribution is -1.84. The lowest BCUT2D eigenvalue weighted by molar-refractivity contribution is 0.475. The Hall–Kier alpha value is -1.61. The van der Waals surface area contributed by atoms with Crippen molar-refractivity contribution in [3.63, 3.8) is 0 Å². The number of aromatic hydroxyl groups is 1. The number of rotatable bonds is 3. The number of thioether (sulfide) groups is 1. The standard InChI is InChI=1S/C13H13NOS/c14-11-4-2-6-13(8-11)16-9-10-3-1-5-12(15)7-10/h1-8,15H,9,14H2. The number of phenolic OH excluding ortho intramolecular Hbond substituents is 1. The molecule has 0 aliphatic heterocycles. The predicted octanol–water partition coefficient (Wildman–Crippen LogP) is 3.27. The number of benzene rings is 2. The van der Waals surface area contributed by atoms with Crippen molar-refractivity contribution in [3.05, 3.63) is 54.1 Å². The third-order valence-electron chi connectivity index (χ3n) is 2.17. The summed E-state index contributed by atoms with van der Waals surface area (Å²) in [5, 5.41) is 9.33. The maximum atomic E-state index is 9.33. The first-order valence-corrected chi connectivity index (χ1v) is 5.99. The minimum atomic E-state index is 0.311. The van der Waals surface area contributed by atoms with Crippen LogP contribution >= 0.6 is 11.8 Å². The molecule has 2 rings (SSSR count). The van der Waals surface area contributed by atoms with Crippen molar-refractivity contribution >= 4 is 17.4 Å². The first-order valence-electron chi connectivity index (χ1n) is 5.00. The van der Waals surface area contributed by atoms with E-state index in [-0.39, 0.29) is 0 Å². The van der Waals surface area contributed by atoms with Gasteiger partial charge in [0.05, 0.1) is 0 Å². The van der Waals surface area contributed by atoms with Gasteiger partial charge in [-0.15, -0.1) is 11.8 Å². The average Bonchev–Trinajstić information content (AvgIpc) is 2.27. The van der Waals surface area contributed by atoms with Crippen LogP contribution in [0.4, 0.5) is 5.69 Å². The van der Waals surface area contributed by atoms with Crippen LogP contribution in [0.2, 0.25) is 0 Å². The molecule has 2 aromatic carbocycles. The van der Waals surface area contributed by atoms with Gasteiger partial charge < -0.3 is 10.8 Å². The topological polar surface area (TPSA) is 46.2 Å². The minimum absolute atomic E-state index is 0.311. The van der Waals surface area contributed by atoms with Crippen LogP contribution < -0.4 is 5.73 Å². The summed E-state index contributed by atoms with van der Waals surface area (Å²) in [4.78, 5) is 1.14. The number of anilines is 1. The molecule has 0 radical (unpaired) electrons. The molecule has 0 spiro atoms. The summed E-state index contributed by atoms with van der Waals surface area (Å²) in [5.74, 6) is 1.14. The number of phenols is 1. The van der Waals surface area contributed by atoms with Gasteiger partial charge in [0.2, 0.25) is 0 Å². The molecule has 0 atom stereocenters. The normalized spacial score (nSPS) is 10.2. The highest BCUT2D eigenvalue weighted by Gasteiger charge is 1.97. The largest absolute Gasteiger partial charge is 0.508 e. The summed E-state index contributed by atoms with van der Waals surface area (Å²) in [5.41, 5.74) is 7.58. The molecule has 0 aliphatic carbocycles. The second-order valence-electron chi connectivity index (χ2n) is 3.53. The fourth-order valence-electron chi connectivity index (χ4n) is 1.42. The van der Waals surface area contributed by atoms with Gasteiger partial charge in [-0.3, -0.25) is 0 Å². The van der Waals surface area contributed by atoms with E-state index in [4.69, 9.17) is 5.73 Å². The van der Waals surface area contributed by atoms with E-state index in [0.29, 0.717) is 5.75 Å². The van der Waals surface area contributed by atoms with Gasteiger partial charge in [-0.25, -0.2) is 0 Å². The van der Waals surface area contributed by atoms with Crippen LogP contribution in [-0.4, -0.2) is 5.11 Å². The fraction of sp³-hybridized carbons (Fsp3) is 0.0769. The predicted molar refractivity (Wildman–Crippen MR) is 68.5 cm³/mol. The Morgan fingerprint density at radius 3 is 2.62 bits per heavy atom. The Morgan fingerprint density at radius 1 is 1.06 bits per heavy atom. The summed E-state index contributed by atoms with van der Waals surface area (Å²) in [7, 11) is 0. The van der Waals surface area contributed by atoms with E-state index in [1.54, 1.807) is 23.9 Å². The van der Waals surface area contributed by atoms with Crippen LogP contribution in [0.3, 0.4) is 0 Å². The highest BCUT2D eigenvalue weighted by Crippen LogP contribution is 2.25. The molecule has 0 saturated heterocycles. The number of nitrogen functional groups attached to an aromatic ring is 1. The molecule has 3 heteroatoms. The number of hydrogen-bond donors (Lipinski definition) is 2. The molecule has 3 N–H and O–H groups in total. The van der Waals surface area contributed by atoms with Crippen molar-refractivity contribution in [1.82, 2.24) is 0 Å². The van der Waals surface area contributed by atoms with Gasteiger partial charge >= 0.3 is 0 Å². The molecule has 0 aliphatic rings. The summed E-state index contributed by atoms with van der Waals surface area (Å²) in [6.45, 7) is 0. The monoisotopic (exact) mass is 231 g/mol. The SMILES string of the molecule is Nc1cccc(SCc2cccc(O)c2)c1. The molecule has 2 nitrogen and oxygen atoms in total. The van der Waals surface area contributed by atoms with Gasteiger partial charge in [-0.2, -0.15) is 0 Å². The van der Waals surface area contributed by atoms with Gasteiger partial charge in [0, 0.05) is 16.3 Å². The molecule has 82 valence electrons. The van der Waals surface area contributed by atoms with Crippen LogP contribution in [0.25, 0.3) is 0 Å². The second-order valence-corrected chi connectivity index (χ2v) is 4.58. The third kappa shape index (κ3) is 2.94. The average molecular weight is 231 g/mol. The Bertz CT molecular complexity index is 439. The lowest BCUT2D eigenvalue weighted by atomic mass is 10.2. The quantitative estimate of drug-likeness (QED) is 0.629. The van der Waals surface area contributed by atoms with Gasteiger partial charge in [0.25, 0.3) is 0 Å². The van der Waals surface area contributed by atoms with Crippen LogP contribution in [0.1, 0.15) is 5.56 Å². The molecule has 0 bridgehead atoms. The molecular weight excluding hydrogens is 218 g/mol. The summed E-state index contributed by atoms with van der Waals surface area (Å²) >= 11 is 1.71. The molecule has 0 heterocycles. The van der Waals surface area contributed by atoms with E-state index in [0.717, 1.165) is 21.9 Å². The van der Waals surface area contributed by atoms with Crippen molar-refractivity contribution < 1.29 is 5.11 Å². The van der Waals surface area contributed by atoms with Crippen LogP contribution in [-0.2, 0) is 5.75 Å². The lowest BCUT2D eigenvalue weighted by Gasteiger charge is -2.03. The zero-order valence-corrected chi connectivity index (χ0v) is 9.58. The number of hydrogen-bond acceptors (Lipinski definition) is 3. The third-order valence-corrected chi connectivity index (χ3v) is 3.24. The van der Waals surface area contributed by atoms with Gasteiger partial charge in [0.1, 0.15) is 5.75 Å². The molecule has 16 heavy (non-hydrogen) atoms. The highest BCUT2D eigenvalue weighted by atomic mass is 32.2. The summed E-state index contributed by atoms with van der Waals surface area (Å²) < 4.78 is 0. The molecular formula is C13H13NOS. The van der Waals surface area contributed by atoms with Crippen molar-refractivity contribution in [1.29, 1.82) is 0 Å². The maximum Gasteiger partial charge on any atom is 0.115 e. The van der Waals surface area contributed by atoms with E-state index >= 15 is 0 Å². The van der Waals surface area contributed by atoms with Crippen LogP contribution in [0.15, 0.2) is 53.4 Å². The Morgan fingerprint density at radius 2 is 1.88 bits per heavy atom. The first kappa shape index (κ1) is 10.9. The maximum absolute atomic E-state index is 9.33. The second kappa shape index (κ2) is 4.94. The minimum Gasteiger partial charge on any atom is -0.508 e. The molecule has 0 unspecified atom stereocenters. The van der Waals surface area contributed by atoms with E-state index < -0.39 is 0 Å². The molecule has 0 amide bonds. The van der Waals surface area contributed by atoms with Crippen molar-refractivity contribution in [2.45, 2.75) is 10.6 Å². The van der Waals surface area contributed by atoms with E-state index in [2.05, 4.69) is 0 Å². The highest BCUT2D eigenvalue weighted by molar-refractivity contribution is 7.98. The Kier molecular flexibility index (Phi) is 3.37. The molecule has 0 aromatic heterocycles. The molecule has 2 aromatic rings. The van der Waals surface area contributed by atoms with Crippen LogP contribution in [0.5, 0.6) is 5.75 Å². The van der Waals surface area contributed by atoms with Gasteiger partial charge in [-0.05, 0) is 35.9 Å². The first-order chi connectivity index (χ1) is 7.74. The van der Waals surface area contributed by atoms with Crippen molar-refractivity contribution in [2.75, 3.05) is 5.73 Å². The van der Waals surface area contributed by atoms with Gasteiger partial charge in [-0.1, -0.05) is 18.2 Å². The smallest absolute Gasteiger partial charge is 0.115 e. The van der Waals surface area contributed by atoms with E-state index in [9.17, 15) is 5.11 Å². The zero-order chi connectivity index (χ0) is 11.4. The van der Waals surface area contributed by atoms with Crippen molar-refractivity contribution in [3.8, 4) is 5.75 Å². The summed E-state index contributed by atoms with van der Waals surface area (Å²) in [6, 6.07) is 15.1. The Labute approximate surface area is 99.1 Å². The fourth-order valence-corrected chi connectivity index (χ4v) is 2.32. The van der Waals surface area contributed by atoms with E-state index in [1.807, 2.05) is 36.4 Å². The van der Waals surface area contributed by atoms with Crippen LogP contribution in [0, 0.1) is 0 Å². The van der Waals surface area contributed by atoms with Crippen molar-refractivity contribution in [2.24, 2.45) is 0 Å². The zero-order valence-electron chi connectivity index (χ0n) is 8.76. The van der Waals surface area contributed by atoms with Gasteiger partial charge in [0.15, 0.2) is 0 Å². The van der Waals surface area contributed by atoms with E-state index in [1.165, 1.54) is 0 Å². The Balaban J connectivity index is 2.02. The molecule has 0 fully saturated rings. The molecule has 0 saturated carbocycles.